The number of unbranched alkanes of at least 4 members (excludes halogenated alkanes) is 1. The number of para-hydroxylation sites is 1. The fourth-order valence-corrected chi connectivity index (χ4v) is 1.26. The van der Waals surface area contributed by atoms with Gasteiger partial charge in [-0.1, -0.05) is 25.5 Å². The molecule has 20 heavy (non-hydrogen) atoms. The molecule has 0 fully saturated rings. The third-order valence-corrected chi connectivity index (χ3v) is 2.26. The molecule has 0 aromatic heterocycles. The van der Waals surface area contributed by atoms with E-state index in [1.807, 2.05) is 6.92 Å². The van der Waals surface area contributed by atoms with Crippen molar-refractivity contribution in [3.63, 3.8) is 0 Å². The van der Waals surface area contributed by atoms with Gasteiger partial charge in [0.1, 0.15) is 11.3 Å². The van der Waals surface area contributed by atoms with E-state index in [-0.39, 0.29) is 12.2 Å². The number of benzene rings is 1. The first-order chi connectivity index (χ1) is 9.69. The van der Waals surface area contributed by atoms with Gasteiger partial charge in [0.25, 0.3) is 0 Å². The summed E-state index contributed by atoms with van der Waals surface area (Å²) in [4.78, 5) is 31.0. The maximum Gasteiger partial charge on any atom is 0.543 e. The smallest absolute Gasteiger partial charge is 0.496 e. The Bertz CT molecular complexity index is 444. The Kier molecular flexibility index (Phi) is 6.91. The summed E-state index contributed by atoms with van der Waals surface area (Å²) < 4.78 is 9.58. The van der Waals surface area contributed by atoms with Crippen molar-refractivity contribution < 1.29 is 33.9 Å². The Morgan fingerprint density at radius 2 is 1.90 bits per heavy atom. The molecule has 0 N–H and O–H groups in total. The Morgan fingerprint density at radius 1 is 1.15 bits per heavy atom. The molecule has 0 saturated carbocycles. The molecule has 0 spiro atoms. The van der Waals surface area contributed by atoms with Crippen LogP contribution in [-0.2, 0) is 19.6 Å². The van der Waals surface area contributed by atoms with Crippen LogP contribution < -0.4 is 4.74 Å². The van der Waals surface area contributed by atoms with E-state index in [0.29, 0.717) is 12.2 Å². The number of carbonyl (C=O) groups excluding carboxylic acids is 2. The highest BCUT2D eigenvalue weighted by Gasteiger charge is 2.16. The van der Waals surface area contributed by atoms with E-state index in [2.05, 4.69) is 19.6 Å². The second-order valence-electron chi connectivity index (χ2n) is 3.67. The van der Waals surface area contributed by atoms with Crippen molar-refractivity contribution in [2.45, 2.75) is 19.8 Å². The van der Waals surface area contributed by atoms with Gasteiger partial charge >= 0.3 is 12.1 Å². The fraction of sp³-hybridized carbons (Fsp3) is 0.385. The van der Waals surface area contributed by atoms with Crippen molar-refractivity contribution in [1.82, 2.24) is 0 Å². The average molecular weight is 284 g/mol. The first-order valence-corrected chi connectivity index (χ1v) is 6.04. The van der Waals surface area contributed by atoms with Gasteiger partial charge in [0, 0.05) is 0 Å². The summed E-state index contributed by atoms with van der Waals surface area (Å²) in [5.74, 6) is -0.546. The number of rotatable bonds is 7. The molecule has 0 radical (unpaired) electrons. The molecule has 1 aromatic carbocycles. The van der Waals surface area contributed by atoms with E-state index in [1.54, 1.807) is 18.2 Å². The Morgan fingerprint density at radius 3 is 2.60 bits per heavy atom. The van der Waals surface area contributed by atoms with Crippen LogP contribution in [0.5, 0.6) is 5.75 Å². The second-order valence-corrected chi connectivity index (χ2v) is 3.67. The van der Waals surface area contributed by atoms with E-state index in [9.17, 15) is 9.59 Å². The topological polar surface area (TPSA) is 80.3 Å². The molecule has 7 heteroatoms. The lowest BCUT2D eigenvalue weighted by Crippen LogP contribution is -2.13. The van der Waals surface area contributed by atoms with Crippen LogP contribution in [0.4, 0.5) is 4.79 Å². The molecule has 0 aliphatic rings. The van der Waals surface area contributed by atoms with E-state index in [4.69, 9.17) is 4.74 Å². The molecular formula is C13H16O7. The van der Waals surface area contributed by atoms with Crippen molar-refractivity contribution in [1.29, 1.82) is 0 Å². The predicted molar refractivity (Wildman–Crippen MR) is 66.8 cm³/mol. The van der Waals surface area contributed by atoms with Gasteiger partial charge in [-0.25, -0.2) is 14.5 Å². The van der Waals surface area contributed by atoms with Crippen LogP contribution in [0.1, 0.15) is 30.1 Å². The zero-order valence-electron chi connectivity index (χ0n) is 11.3. The fourth-order valence-electron chi connectivity index (χ4n) is 1.26. The molecule has 110 valence electrons. The lowest BCUT2D eigenvalue weighted by Gasteiger charge is -2.06. The summed E-state index contributed by atoms with van der Waals surface area (Å²) in [5, 5.41) is 4.06. The highest BCUT2D eigenvalue weighted by atomic mass is 17.5. The molecule has 1 aromatic rings. The summed E-state index contributed by atoms with van der Waals surface area (Å²) in [6.07, 6.45) is 0.499. The average Bonchev–Trinajstić information content (AvgIpc) is 2.47. The predicted octanol–water partition coefficient (Wildman–Crippen LogP) is 2.65. The van der Waals surface area contributed by atoms with Crippen molar-refractivity contribution in [2.24, 2.45) is 0 Å². The monoisotopic (exact) mass is 284 g/mol. The van der Waals surface area contributed by atoms with Gasteiger partial charge < -0.3 is 9.47 Å². The van der Waals surface area contributed by atoms with Crippen molar-refractivity contribution >= 4 is 12.1 Å². The van der Waals surface area contributed by atoms with E-state index < -0.39 is 12.1 Å². The second kappa shape index (κ2) is 8.76. The summed E-state index contributed by atoms with van der Waals surface area (Å²) in [6.45, 7) is 2.15. The Hall–Kier alpha value is -2.28. The molecule has 0 heterocycles. The first-order valence-electron chi connectivity index (χ1n) is 6.04. The van der Waals surface area contributed by atoms with Crippen LogP contribution in [0.2, 0.25) is 0 Å². The minimum atomic E-state index is -1.08. The summed E-state index contributed by atoms with van der Waals surface area (Å²) in [5.41, 5.74) is 0.137. The van der Waals surface area contributed by atoms with Gasteiger partial charge in [-0.15, -0.1) is 0 Å². The number of methoxy groups -OCH3 is 1. The molecule has 7 nitrogen and oxygen atoms in total. The Balaban J connectivity index is 2.34. The van der Waals surface area contributed by atoms with Crippen LogP contribution in [0.15, 0.2) is 24.3 Å². The third kappa shape index (κ3) is 5.15. The minimum absolute atomic E-state index is 0.137. The normalized spacial score (nSPS) is 9.70. The largest absolute Gasteiger partial charge is 0.543 e. The summed E-state index contributed by atoms with van der Waals surface area (Å²) in [6, 6.07) is 6.37. The zero-order chi connectivity index (χ0) is 14.8. The summed E-state index contributed by atoms with van der Waals surface area (Å²) in [7, 11) is 1.41. The van der Waals surface area contributed by atoms with Gasteiger partial charge in [-0.05, 0) is 18.6 Å². The molecule has 0 aliphatic heterocycles. The van der Waals surface area contributed by atoms with E-state index in [1.165, 1.54) is 13.2 Å². The number of hydrogen-bond acceptors (Lipinski definition) is 7. The molecule has 0 bridgehead atoms. The van der Waals surface area contributed by atoms with Gasteiger partial charge in [0.2, 0.25) is 0 Å². The van der Waals surface area contributed by atoms with E-state index >= 15 is 0 Å². The quantitative estimate of drug-likeness (QED) is 0.329. The first kappa shape index (κ1) is 15.8. The van der Waals surface area contributed by atoms with Crippen molar-refractivity contribution in [3.8, 4) is 5.75 Å². The van der Waals surface area contributed by atoms with Crippen molar-refractivity contribution in [3.05, 3.63) is 29.8 Å². The molecule has 0 amide bonds. The zero-order valence-corrected chi connectivity index (χ0v) is 11.3. The lowest BCUT2D eigenvalue weighted by molar-refractivity contribution is -0.452. The van der Waals surface area contributed by atoms with Crippen LogP contribution in [0, 0.1) is 0 Å². The van der Waals surface area contributed by atoms with Gasteiger partial charge in [0.05, 0.1) is 18.8 Å². The molecule has 1 rings (SSSR count). The van der Waals surface area contributed by atoms with Crippen LogP contribution in [0.25, 0.3) is 0 Å². The SMILES string of the molecule is CCCCOC(=O)OOOC(=O)c1ccccc1OC. The number of hydrogen-bond donors (Lipinski definition) is 0. The van der Waals surface area contributed by atoms with Gasteiger partial charge in [-0.3, -0.25) is 4.89 Å². The minimum Gasteiger partial charge on any atom is -0.496 e. The molecule has 0 aliphatic carbocycles. The highest BCUT2D eigenvalue weighted by Crippen LogP contribution is 2.18. The lowest BCUT2D eigenvalue weighted by atomic mass is 10.2. The molecule has 0 saturated heterocycles. The maximum absolute atomic E-state index is 11.6. The van der Waals surface area contributed by atoms with Crippen LogP contribution >= 0.6 is 0 Å². The molecule has 0 unspecified atom stereocenters. The summed E-state index contributed by atoms with van der Waals surface area (Å²) >= 11 is 0. The van der Waals surface area contributed by atoms with Gasteiger partial charge in [-0.2, -0.15) is 0 Å². The van der Waals surface area contributed by atoms with Gasteiger partial charge in [0.15, 0.2) is 0 Å². The van der Waals surface area contributed by atoms with E-state index in [0.717, 1.165) is 6.42 Å². The molecular weight excluding hydrogens is 268 g/mol. The van der Waals surface area contributed by atoms with Crippen LogP contribution in [-0.4, -0.2) is 25.8 Å². The van der Waals surface area contributed by atoms with Crippen molar-refractivity contribution in [2.75, 3.05) is 13.7 Å². The number of carbonyl (C=O) groups is 2. The number of ether oxygens (including phenoxy) is 2. The highest BCUT2D eigenvalue weighted by molar-refractivity contribution is 5.92. The third-order valence-electron chi connectivity index (χ3n) is 2.26. The van der Waals surface area contributed by atoms with Crippen LogP contribution in [0.3, 0.4) is 0 Å². The Labute approximate surface area is 116 Å². The maximum atomic E-state index is 11.6. The standard InChI is InChI=1S/C13H16O7/c1-3-4-9-17-13(15)19-20-18-12(14)10-7-5-6-8-11(10)16-2/h5-8H,3-4,9H2,1-2H3. The molecule has 0 atom stereocenters.